The first-order valence-electron chi connectivity index (χ1n) is 4.94. The van der Waals surface area contributed by atoms with Crippen molar-refractivity contribution in [3.05, 3.63) is 0 Å². The monoisotopic (exact) mass is 200 g/mol. The van der Waals surface area contributed by atoms with Crippen LogP contribution in [0.3, 0.4) is 0 Å². The van der Waals surface area contributed by atoms with E-state index < -0.39 is 5.60 Å². The van der Waals surface area contributed by atoms with Crippen molar-refractivity contribution in [1.82, 2.24) is 0 Å². The second kappa shape index (κ2) is 5.13. The Kier molecular flexibility index (Phi) is 4.81. The van der Waals surface area contributed by atoms with Crippen molar-refractivity contribution in [2.24, 2.45) is 5.92 Å². The summed E-state index contributed by atoms with van der Waals surface area (Å²) in [5.74, 6) is -0.165. The van der Waals surface area contributed by atoms with Crippen LogP contribution in [0.25, 0.3) is 0 Å². The summed E-state index contributed by atoms with van der Waals surface area (Å²) in [6.07, 6.45) is 0.891. The molecule has 3 heteroatoms. The van der Waals surface area contributed by atoms with Crippen LogP contribution in [-0.4, -0.2) is 17.4 Å². The molecule has 3 nitrogen and oxygen atoms in total. The molecule has 1 unspecified atom stereocenters. The van der Waals surface area contributed by atoms with Gasteiger partial charge in [-0.2, -0.15) is 0 Å². The van der Waals surface area contributed by atoms with Gasteiger partial charge in [-0.05, 0) is 34.1 Å². The third kappa shape index (κ3) is 6.63. The molecule has 0 fully saturated rings. The molecule has 0 aromatic carbocycles. The van der Waals surface area contributed by atoms with Crippen LogP contribution in [-0.2, 0) is 14.3 Å². The fourth-order valence-electron chi connectivity index (χ4n) is 0.930. The second-order valence-corrected chi connectivity index (χ2v) is 4.64. The topological polar surface area (TPSA) is 43.4 Å². The molecule has 0 saturated carbocycles. The highest BCUT2D eigenvalue weighted by Gasteiger charge is 2.17. The summed E-state index contributed by atoms with van der Waals surface area (Å²) in [5, 5.41) is 0. The minimum Gasteiger partial charge on any atom is -0.460 e. The molecular weight excluding hydrogens is 180 g/mol. The number of ketones is 1. The smallest absolute Gasteiger partial charge is 0.306 e. The Hall–Kier alpha value is -0.860. The minimum absolute atomic E-state index is 0.0532. The molecule has 0 heterocycles. The molecule has 0 rings (SSSR count). The predicted molar refractivity (Wildman–Crippen MR) is 54.9 cm³/mol. The molecule has 0 spiro atoms. The van der Waals surface area contributed by atoms with E-state index in [1.807, 2.05) is 27.7 Å². The van der Waals surface area contributed by atoms with Crippen molar-refractivity contribution in [3.63, 3.8) is 0 Å². The number of carbonyl (C=O) groups is 2. The molecule has 0 radical (unpaired) electrons. The molecule has 0 aliphatic rings. The minimum atomic E-state index is -0.434. The van der Waals surface area contributed by atoms with Gasteiger partial charge in [-0.3, -0.25) is 9.59 Å². The van der Waals surface area contributed by atoms with Crippen LogP contribution in [0.4, 0.5) is 0 Å². The summed E-state index contributed by atoms with van der Waals surface area (Å²) in [6, 6.07) is 0. The van der Waals surface area contributed by atoms with Crippen LogP contribution >= 0.6 is 0 Å². The van der Waals surface area contributed by atoms with Crippen molar-refractivity contribution in [1.29, 1.82) is 0 Å². The standard InChI is InChI=1S/C11H20O3/c1-8(9(2)12)6-7-10(13)14-11(3,4)5/h8H,6-7H2,1-5H3. The Morgan fingerprint density at radius 2 is 1.79 bits per heavy atom. The fourth-order valence-corrected chi connectivity index (χ4v) is 0.930. The second-order valence-electron chi connectivity index (χ2n) is 4.64. The number of carbonyl (C=O) groups excluding carboxylic acids is 2. The van der Waals surface area contributed by atoms with E-state index in [1.165, 1.54) is 0 Å². The maximum absolute atomic E-state index is 11.3. The van der Waals surface area contributed by atoms with E-state index in [-0.39, 0.29) is 17.7 Å². The van der Waals surface area contributed by atoms with Crippen LogP contribution in [0, 0.1) is 5.92 Å². The lowest BCUT2D eigenvalue weighted by molar-refractivity contribution is -0.155. The first-order chi connectivity index (χ1) is 6.22. The summed E-state index contributed by atoms with van der Waals surface area (Å²) in [7, 11) is 0. The van der Waals surface area contributed by atoms with Gasteiger partial charge >= 0.3 is 5.97 Å². The van der Waals surface area contributed by atoms with E-state index in [2.05, 4.69) is 0 Å². The molecule has 0 amide bonds. The van der Waals surface area contributed by atoms with Gasteiger partial charge in [0.2, 0.25) is 0 Å². The zero-order valence-electron chi connectivity index (χ0n) is 9.72. The zero-order valence-corrected chi connectivity index (χ0v) is 9.72. The van der Waals surface area contributed by atoms with E-state index in [1.54, 1.807) is 6.92 Å². The Morgan fingerprint density at radius 3 is 2.14 bits per heavy atom. The molecule has 0 aliphatic carbocycles. The predicted octanol–water partition coefficient (Wildman–Crippen LogP) is 2.33. The number of hydrogen-bond donors (Lipinski definition) is 0. The lowest BCUT2D eigenvalue weighted by Gasteiger charge is -2.19. The summed E-state index contributed by atoms with van der Waals surface area (Å²) < 4.78 is 5.12. The highest BCUT2D eigenvalue weighted by atomic mass is 16.6. The van der Waals surface area contributed by atoms with Gasteiger partial charge in [0, 0.05) is 12.3 Å². The Labute approximate surface area is 85.8 Å². The Morgan fingerprint density at radius 1 is 1.29 bits per heavy atom. The maximum Gasteiger partial charge on any atom is 0.306 e. The highest BCUT2D eigenvalue weighted by molar-refractivity contribution is 5.78. The number of rotatable bonds is 4. The molecule has 0 N–H and O–H groups in total. The van der Waals surface area contributed by atoms with Crippen LogP contribution in [0.2, 0.25) is 0 Å². The molecule has 0 aromatic heterocycles. The van der Waals surface area contributed by atoms with Crippen molar-refractivity contribution in [3.8, 4) is 0 Å². The van der Waals surface area contributed by atoms with Gasteiger partial charge in [0.05, 0.1) is 0 Å². The molecule has 0 bridgehead atoms. The first kappa shape index (κ1) is 13.1. The van der Waals surface area contributed by atoms with Crippen LogP contribution in [0.5, 0.6) is 0 Å². The number of ether oxygens (including phenoxy) is 1. The van der Waals surface area contributed by atoms with Crippen molar-refractivity contribution < 1.29 is 14.3 Å². The van der Waals surface area contributed by atoms with Gasteiger partial charge in [-0.25, -0.2) is 0 Å². The van der Waals surface area contributed by atoms with Crippen LogP contribution < -0.4 is 0 Å². The van der Waals surface area contributed by atoms with E-state index in [0.717, 1.165) is 0 Å². The third-order valence-corrected chi connectivity index (χ3v) is 1.90. The quantitative estimate of drug-likeness (QED) is 0.654. The SMILES string of the molecule is CC(=O)C(C)CCC(=O)OC(C)(C)C. The lowest BCUT2D eigenvalue weighted by atomic mass is 10.0. The summed E-state index contributed by atoms with van der Waals surface area (Å²) in [4.78, 5) is 22.1. The van der Waals surface area contributed by atoms with E-state index in [0.29, 0.717) is 12.8 Å². The van der Waals surface area contributed by atoms with Crippen LogP contribution in [0.15, 0.2) is 0 Å². The maximum atomic E-state index is 11.3. The van der Waals surface area contributed by atoms with E-state index in [4.69, 9.17) is 4.74 Å². The van der Waals surface area contributed by atoms with Gasteiger partial charge in [0.1, 0.15) is 11.4 Å². The van der Waals surface area contributed by atoms with Gasteiger partial charge in [-0.1, -0.05) is 6.92 Å². The van der Waals surface area contributed by atoms with E-state index >= 15 is 0 Å². The highest BCUT2D eigenvalue weighted by Crippen LogP contribution is 2.12. The molecule has 0 aliphatic heterocycles. The molecular formula is C11H20O3. The van der Waals surface area contributed by atoms with Gasteiger partial charge < -0.3 is 4.74 Å². The fraction of sp³-hybridized carbons (Fsp3) is 0.818. The summed E-state index contributed by atoms with van der Waals surface area (Å²) >= 11 is 0. The lowest BCUT2D eigenvalue weighted by Crippen LogP contribution is -2.24. The first-order valence-corrected chi connectivity index (χ1v) is 4.94. The third-order valence-electron chi connectivity index (χ3n) is 1.90. The zero-order chi connectivity index (χ0) is 11.4. The van der Waals surface area contributed by atoms with Gasteiger partial charge in [-0.15, -0.1) is 0 Å². The van der Waals surface area contributed by atoms with Crippen molar-refractivity contribution in [2.75, 3.05) is 0 Å². The number of hydrogen-bond acceptors (Lipinski definition) is 3. The number of esters is 1. The summed E-state index contributed by atoms with van der Waals surface area (Å²) in [6.45, 7) is 8.87. The normalized spacial score (nSPS) is 13.5. The average Bonchev–Trinajstić information content (AvgIpc) is 1.96. The van der Waals surface area contributed by atoms with Crippen molar-refractivity contribution in [2.45, 2.75) is 53.1 Å². The average molecular weight is 200 g/mol. The van der Waals surface area contributed by atoms with Crippen LogP contribution in [0.1, 0.15) is 47.5 Å². The molecule has 0 saturated heterocycles. The van der Waals surface area contributed by atoms with E-state index in [9.17, 15) is 9.59 Å². The summed E-state index contributed by atoms with van der Waals surface area (Å²) in [5.41, 5.74) is -0.434. The molecule has 0 aromatic rings. The largest absolute Gasteiger partial charge is 0.460 e. The van der Waals surface area contributed by atoms with Crippen molar-refractivity contribution >= 4 is 11.8 Å². The molecule has 1 atom stereocenters. The molecule has 82 valence electrons. The Balaban J connectivity index is 3.81. The van der Waals surface area contributed by atoms with Gasteiger partial charge in [0.15, 0.2) is 0 Å². The Bertz CT molecular complexity index is 213. The van der Waals surface area contributed by atoms with Gasteiger partial charge in [0.25, 0.3) is 0 Å². The molecule has 14 heavy (non-hydrogen) atoms. The number of Topliss-reactive ketones (excluding diaryl/α,β-unsaturated/α-hetero) is 1.